The largest absolute Gasteiger partial charge is 0.493 e. The molecule has 132 valence electrons. The summed E-state index contributed by atoms with van der Waals surface area (Å²) in [7, 11) is 3.04. The van der Waals surface area contributed by atoms with Gasteiger partial charge in [-0.05, 0) is 24.3 Å². The molecule has 0 amide bonds. The van der Waals surface area contributed by atoms with E-state index in [1.807, 2.05) is 0 Å². The fourth-order valence-corrected chi connectivity index (χ4v) is 2.32. The van der Waals surface area contributed by atoms with E-state index in [-0.39, 0.29) is 18.5 Å². The Morgan fingerprint density at radius 1 is 1.27 bits per heavy atom. The minimum Gasteiger partial charge on any atom is -0.493 e. The van der Waals surface area contributed by atoms with Gasteiger partial charge < -0.3 is 14.6 Å². The number of methoxy groups -OCH3 is 2. The number of nitrogens with zero attached hydrogens (tertiary/aromatic N) is 4. The minimum absolute atomic E-state index is 0.0792. The third-order valence-electron chi connectivity index (χ3n) is 3.54. The number of carboxylic acid groups (broad SMARTS) is 1. The van der Waals surface area contributed by atoms with Crippen LogP contribution in [0.25, 0.3) is 17.3 Å². The molecule has 0 atom stereocenters. The Balaban J connectivity index is 2.55. The van der Waals surface area contributed by atoms with Gasteiger partial charge in [-0.1, -0.05) is 0 Å². The second-order valence-electron chi connectivity index (χ2n) is 5.19. The molecule has 0 radical (unpaired) electrons. The van der Waals surface area contributed by atoms with E-state index in [0.29, 0.717) is 28.3 Å². The fraction of sp³-hybridized carbons (Fsp3) is 0.222. The summed E-state index contributed by atoms with van der Waals surface area (Å²) < 4.78 is 12.0. The summed E-state index contributed by atoms with van der Waals surface area (Å²) in [5.41, 5.74) is 1.63. The number of nitriles is 2. The van der Waals surface area contributed by atoms with Gasteiger partial charge in [0.25, 0.3) is 0 Å². The SMILES string of the molecule is COc1ccc(-c2nn(CCC(=O)O)cc2C=C(C#N)C#N)cc1OC. The lowest BCUT2D eigenvalue weighted by molar-refractivity contribution is -0.137. The molecule has 0 aliphatic rings. The zero-order valence-electron chi connectivity index (χ0n) is 14.3. The minimum atomic E-state index is -0.944. The summed E-state index contributed by atoms with van der Waals surface area (Å²) in [5, 5.41) is 31.2. The molecule has 8 heteroatoms. The molecule has 0 bridgehead atoms. The Labute approximate surface area is 150 Å². The van der Waals surface area contributed by atoms with Crippen molar-refractivity contribution in [1.29, 1.82) is 10.5 Å². The Bertz CT molecular complexity index is 916. The van der Waals surface area contributed by atoms with Gasteiger partial charge in [0.1, 0.15) is 17.7 Å². The number of carbonyl (C=O) groups is 1. The molecule has 0 aliphatic heterocycles. The quantitative estimate of drug-likeness (QED) is 0.760. The Hall–Kier alpha value is -3.78. The summed E-state index contributed by atoms with van der Waals surface area (Å²) in [6.07, 6.45) is 2.92. The van der Waals surface area contributed by atoms with Gasteiger partial charge in [0.05, 0.1) is 32.9 Å². The van der Waals surface area contributed by atoms with Gasteiger partial charge in [0.2, 0.25) is 0 Å². The van der Waals surface area contributed by atoms with E-state index in [4.69, 9.17) is 25.1 Å². The number of aliphatic carboxylic acids is 1. The van der Waals surface area contributed by atoms with E-state index in [0.717, 1.165) is 0 Å². The van der Waals surface area contributed by atoms with E-state index >= 15 is 0 Å². The van der Waals surface area contributed by atoms with Crippen LogP contribution in [-0.4, -0.2) is 35.1 Å². The van der Waals surface area contributed by atoms with Crippen molar-refractivity contribution in [2.45, 2.75) is 13.0 Å². The second kappa shape index (κ2) is 8.36. The molecule has 1 N–H and O–H groups in total. The molecule has 0 spiro atoms. The molecular weight excluding hydrogens is 336 g/mol. The first-order valence-corrected chi connectivity index (χ1v) is 7.56. The summed E-state index contributed by atoms with van der Waals surface area (Å²) in [5.74, 6) is 0.106. The topological polar surface area (TPSA) is 121 Å². The molecule has 1 aromatic carbocycles. The van der Waals surface area contributed by atoms with E-state index in [9.17, 15) is 4.79 Å². The maximum atomic E-state index is 10.8. The van der Waals surface area contributed by atoms with E-state index in [1.54, 1.807) is 36.5 Å². The van der Waals surface area contributed by atoms with Crippen LogP contribution in [-0.2, 0) is 11.3 Å². The van der Waals surface area contributed by atoms with Crippen LogP contribution in [0.2, 0.25) is 0 Å². The van der Waals surface area contributed by atoms with Gasteiger partial charge in [-0.3, -0.25) is 9.48 Å². The van der Waals surface area contributed by atoms with Crippen LogP contribution in [0, 0.1) is 22.7 Å². The Morgan fingerprint density at radius 2 is 1.96 bits per heavy atom. The van der Waals surface area contributed by atoms with Crippen LogP contribution < -0.4 is 9.47 Å². The van der Waals surface area contributed by atoms with E-state index in [1.165, 1.54) is 25.0 Å². The molecule has 2 aromatic rings. The second-order valence-corrected chi connectivity index (χ2v) is 5.19. The van der Waals surface area contributed by atoms with Crippen LogP contribution in [0.3, 0.4) is 0 Å². The molecule has 0 saturated carbocycles. The summed E-state index contributed by atoms with van der Waals surface area (Å²) >= 11 is 0. The van der Waals surface area contributed by atoms with Crippen LogP contribution in [0.5, 0.6) is 11.5 Å². The normalized spacial score (nSPS) is 9.69. The predicted octanol–water partition coefficient (Wildman–Crippen LogP) is 2.47. The van der Waals surface area contributed by atoms with Crippen molar-refractivity contribution in [2.24, 2.45) is 0 Å². The predicted molar refractivity (Wildman–Crippen MR) is 92.2 cm³/mol. The van der Waals surface area contributed by atoms with Gasteiger partial charge >= 0.3 is 5.97 Å². The standard InChI is InChI=1S/C18H16N4O4/c1-25-15-4-3-13(8-16(15)26-2)18-14(7-12(9-19)10-20)11-22(21-18)6-5-17(23)24/h3-4,7-8,11H,5-6H2,1-2H3,(H,23,24). The van der Waals surface area contributed by atoms with E-state index in [2.05, 4.69) is 5.10 Å². The summed E-state index contributed by atoms with van der Waals surface area (Å²) in [6, 6.07) is 8.81. The molecule has 0 saturated heterocycles. The van der Waals surface area contributed by atoms with Gasteiger partial charge in [-0.25, -0.2) is 0 Å². The summed E-state index contributed by atoms with van der Waals surface area (Å²) in [6.45, 7) is 0.165. The highest BCUT2D eigenvalue weighted by molar-refractivity contribution is 5.76. The smallest absolute Gasteiger partial charge is 0.305 e. The number of allylic oxidation sites excluding steroid dienone is 1. The number of benzene rings is 1. The van der Waals surface area contributed by atoms with Gasteiger partial charge in [0, 0.05) is 17.3 Å². The molecule has 0 aliphatic carbocycles. The third-order valence-corrected chi connectivity index (χ3v) is 3.54. The van der Waals surface area contributed by atoms with Crippen LogP contribution in [0.15, 0.2) is 30.0 Å². The maximum absolute atomic E-state index is 10.8. The number of hydrogen-bond acceptors (Lipinski definition) is 6. The van der Waals surface area contributed by atoms with Crippen molar-refractivity contribution < 1.29 is 19.4 Å². The number of rotatable bonds is 7. The lowest BCUT2D eigenvalue weighted by Gasteiger charge is -2.09. The molecule has 8 nitrogen and oxygen atoms in total. The fourth-order valence-electron chi connectivity index (χ4n) is 2.32. The zero-order chi connectivity index (χ0) is 19.1. The molecule has 1 aromatic heterocycles. The zero-order valence-corrected chi connectivity index (χ0v) is 14.3. The van der Waals surface area contributed by atoms with Crippen LogP contribution in [0.4, 0.5) is 0 Å². The van der Waals surface area contributed by atoms with Crippen molar-refractivity contribution in [2.75, 3.05) is 14.2 Å². The maximum Gasteiger partial charge on any atom is 0.305 e. The molecule has 1 heterocycles. The first-order valence-electron chi connectivity index (χ1n) is 7.56. The monoisotopic (exact) mass is 352 g/mol. The number of hydrogen-bond donors (Lipinski definition) is 1. The number of aromatic nitrogens is 2. The molecule has 0 unspecified atom stereocenters. The first-order chi connectivity index (χ1) is 12.5. The van der Waals surface area contributed by atoms with Gasteiger partial charge in [0.15, 0.2) is 11.5 Å². The lowest BCUT2D eigenvalue weighted by atomic mass is 10.1. The van der Waals surface area contributed by atoms with Crippen molar-refractivity contribution >= 4 is 12.0 Å². The van der Waals surface area contributed by atoms with Crippen molar-refractivity contribution in [3.63, 3.8) is 0 Å². The van der Waals surface area contributed by atoms with Crippen molar-refractivity contribution in [3.05, 3.63) is 35.5 Å². The summed E-state index contributed by atoms with van der Waals surface area (Å²) in [4.78, 5) is 10.8. The average Bonchev–Trinajstić information content (AvgIpc) is 3.06. The average molecular weight is 352 g/mol. The van der Waals surface area contributed by atoms with Crippen molar-refractivity contribution in [1.82, 2.24) is 9.78 Å². The lowest BCUT2D eigenvalue weighted by Crippen LogP contribution is -2.04. The van der Waals surface area contributed by atoms with Crippen molar-refractivity contribution in [3.8, 4) is 34.9 Å². The Kier molecular flexibility index (Phi) is 5.96. The Morgan fingerprint density at radius 3 is 2.54 bits per heavy atom. The highest BCUT2D eigenvalue weighted by Crippen LogP contribution is 2.33. The molecule has 2 rings (SSSR count). The van der Waals surface area contributed by atoms with Crippen LogP contribution >= 0.6 is 0 Å². The third kappa shape index (κ3) is 4.19. The van der Waals surface area contributed by atoms with Gasteiger partial charge in [-0.15, -0.1) is 0 Å². The van der Waals surface area contributed by atoms with Gasteiger partial charge in [-0.2, -0.15) is 15.6 Å². The van der Waals surface area contributed by atoms with Crippen LogP contribution in [0.1, 0.15) is 12.0 Å². The molecule has 26 heavy (non-hydrogen) atoms. The highest BCUT2D eigenvalue weighted by Gasteiger charge is 2.14. The highest BCUT2D eigenvalue weighted by atomic mass is 16.5. The number of ether oxygens (including phenoxy) is 2. The first kappa shape index (κ1) is 18.6. The van der Waals surface area contributed by atoms with E-state index < -0.39 is 5.97 Å². The number of carboxylic acids is 1. The molecular formula is C18H16N4O4. The molecule has 0 fully saturated rings. The number of aryl methyl sites for hydroxylation is 1.